The van der Waals surface area contributed by atoms with E-state index in [4.69, 9.17) is 0 Å². The van der Waals surface area contributed by atoms with Crippen LogP contribution in [0.25, 0.3) is 22.3 Å². The Kier molecular flexibility index (Phi) is 6.87. The summed E-state index contributed by atoms with van der Waals surface area (Å²) in [5, 5.41) is 43.8. The van der Waals surface area contributed by atoms with Crippen LogP contribution in [0.3, 0.4) is 0 Å². The third kappa shape index (κ3) is 4.54. The molecule has 36 heavy (non-hydrogen) atoms. The van der Waals surface area contributed by atoms with E-state index in [9.17, 15) is 20.4 Å². The molecule has 0 aliphatic heterocycles. The van der Waals surface area contributed by atoms with E-state index in [1.54, 1.807) is 12.1 Å². The molecule has 3 aromatic rings. The van der Waals surface area contributed by atoms with Gasteiger partial charge in [-0.05, 0) is 121 Å². The molecule has 0 unspecified atom stereocenters. The molecule has 2 fully saturated rings. The SMILES string of the molecule is Cc1cc(O)c(C2CCCCC2)cc1-c1ccc(-c2cc(C3CCCCC3)c(O)cc2C)c(O)c1O. The van der Waals surface area contributed by atoms with Gasteiger partial charge in [0.25, 0.3) is 0 Å². The van der Waals surface area contributed by atoms with Gasteiger partial charge in [-0.1, -0.05) is 38.5 Å². The Morgan fingerprint density at radius 3 is 1.22 bits per heavy atom. The molecule has 0 saturated heterocycles. The van der Waals surface area contributed by atoms with Crippen LogP contribution in [0, 0.1) is 13.8 Å². The average Bonchev–Trinajstić information content (AvgIpc) is 2.88. The summed E-state index contributed by atoms with van der Waals surface area (Å²) in [6.45, 7) is 3.84. The van der Waals surface area contributed by atoms with Gasteiger partial charge in [-0.2, -0.15) is 0 Å². The van der Waals surface area contributed by atoms with Crippen molar-refractivity contribution < 1.29 is 20.4 Å². The molecule has 4 N–H and O–H groups in total. The van der Waals surface area contributed by atoms with Crippen molar-refractivity contribution in [2.75, 3.05) is 0 Å². The van der Waals surface area contributed by atoms with Gasteiger partial charge in [0.05, 0.1) is 0 Å². The number of phenols is 4. The van der Waals surface area contributed by atoms with Gasteiger partial charge < -0.3 is 20.4 Å². The summed E-state index contributed by atoms with van der Waals surface area (Å²) in [4.78, 5) is 0. The summed E-state index contributed by atoms with van der Waals surface area (Å²) >= 11 is 0. The van der Waals surface area contributed by atoms with Gasteiger partial charge in [0.15, 0.2) is 11.5 Å². The lowest BCUT2D eigenvalue weighted by Gasteiger charge is -2.25. The van der Waals surface area contributed by atoms with Crippen molar-refractivity contribution in [2.45, 2.75) is 89.9 Å². The summed E-state index contributed by atoms with van der Waals surface area (Å²) in [6.07, 6.45) is 11.4. The summed E-state index contributed by atoms with van der Waals surface area (Å²) in [7, 11) is 0. The molecule has 4 heteroatoms. The molecule has 0 bridgehead atoms. The smallest absolute Gasteiger partial charge is 0.166 e. The van der Waals surface area contributed by atoms with Gasteiger partial charge >= 0.3 is 0 Å². The molecule has 0 amide bonds. The number of benzene rings is 3. The largest absolute Gasteiger partial charge is 0.508 e. The molecule has 2 aliphatic carbocycles. The Labute approximate surface area is 214 Å². The summed E-state index contributed by atoms with van der Waals surface area (Å²) in [5.41, 5.74) is 6.37. The van der Waals surface area contributed by atoms with Crippen molar-refractivity contribution in [3.8, 4) is 45.3 Å². The molecule has 3 aromatic carbocycles. The molecule has 0 heterocycles. The van der Waals surface area contributed by atoms with Crippen molar-refractivity contribution in [3.05, 3.63) is 58.7 Å². The van der Waals surface area contributed by atoms with Crippen molar-refractivity contribution in [1.29, 1.82) is 0 Å². The van der Waals surface area contributed by atoms with Gasteiger partial charge in [0.1, 0.15) is 11.5 Å². The Morgan fingerprint density at radius 2 is 0.861 bits per heavy atom. The van der Waals surface area contributed by atoms with Crippen LogP contribution in [-0.4, -0.2) is 20.4 Å². The lowest BCUT2D eigenvalue weighted by molar-refractivity contribution is 0.406. The number of hydrogen-bond acceptors (Lipinski definition) is 4. The minimum absolute atomic E-state index is 0.150. The monoisotopic (exact) mass is 486 g/mol. The van der Waals surface area contributed by atoms with Crippen LogP contribution in [0.5, 0.6) is 23.0 Å². The molecule has 0 radical (unpaired) electrons. The Bertz CT molecular complexity index is 1170. The van der Waals surface area contributed by atoms with Crippen LogP contribution in [0.15, 0.2) is 36.4 Å². The maximum atomic E-state index is 11.2. The number of hydrogen-bond donors (Lipinski definition) is 4. The highest BCUT2D eigenvalue weighted by molar-refractivity contribution is 5.85. The van der Waals surface area contributed by atoms with Crippen LogP contribution >= 0.6 is 0 Å². The van der Waals surface area contributed by atoms with Gasteiger partial charge in [0, 0.05) is 11.1 Å². The number of phenolic OH excluding ortho intramolecular Hbond substituents is 4. The van der Waals surface area contributed by atoms with Gasteiger partial charge in [-0.3, -0.25) is 0 Å². The molecule has 0 aromatic heterocycles. The minimum atomic E-state index is -0.150. The lowest BCUT2D eigenvalue weighted by atomic mass is 9.81. The normalized spacial score (nSPS) is 17.4. The van der Waals surface area contributed by atoms with Gasteiger partial charge in [-0.25, -0.2) is 0 Å². The maximum Gasteiger partial charge on any atom is 0.166 e. The first-order valence-corrected chi connectivity index (χ1v) is 13.6. The molecule has 4 nitrogen and oxygen atoms in total. The Balaban J connectivity index is 1.56. The molecule has 190 valence electrons. The molecule has 2 saturated carbocycles. The van der Waals surface area contributed by atoms with E-state index in [2.05, 4.69) is 0 Å². The van der Waals surface area contributed by atoms with Gasteiger partial charge in [-0.15, -0.1) is 0 Å². The fourth-order valence-corrected chi connectivity index (χ4v) is 6.49. The fourth-order valence-electron chi connectivity index (χ4n) is 6.49. The molecule has 5 rings (SSSR count). The third-order valence-electron chi connectivity index (χ3n) is 8.57. The first-order valence-electron chi connectivity index (χ1n) is 13.6. The molecular weight excluding hydrogens is 448 g/mol. The predicted octanol–water partition coefficient (Wildman–Crippen LogP) is 8.56. The van der Waals surface area contributed by atoms with Crippen LogP contribution < -0.4 is 0 Å². The topological polar surface area (TPSA) is 80.9 Å². The highest BCUT2D eigenvalue weighted by Crippen LogP contribution is 2.48. The van der Waals surface area contributed by atoms with Crippen LogP contribution in [0.4, 0.5) is 0 Å². The van der Waals surface area contributed by atoms with E-state index in [0.29, 0.717) is 34.5 Å². The fraction of sp³-hybridized carbons (Fsp3) is 0.438. The second-order valence-electron chi connectivity index (χ2n) is 11.0. The second kappa shape index (κ2) is 10.1. The van der Waals surface area contributed by atoms with Crippen LogP contribution in [-0.2, 0) is 0 Å². The Morgan fingerprint density at radius 1 is 0.500 bits per heavy atom. The van der Waals surface area contributed by atoms with E-state index in [1.807, 2.05) is 38.1 Å². The molecule has 0 atom stereocenters. The highest BCUT2D eigenvalue weighted by Gasteiger charge is 2.24. The summed E-state index contributed by atoms with van der Waals surface area (Å²) in [5.74, 6) is 0.985. The van der Waals surface area contributed by atoms with Crippen molar-refractivity contribution >= 4 is 0 Å². The van der Waals surface area contributed by atoms with Crippen molar-refractivity contribution in [2.24, 2.45) is 0 Å². The van der Waals surface area contributed by atoms with E-state index >= 15 is 0 Å². The van der Waals surface area contributed by atoms with Crippen LogP contribution in [0.1, 0.15) is 98.3 Å². The highest BCUT2D eigenvalue weighted by atomic mass is 16.3. The van der Waals surface area contributed by atoms with Crippen molar-refractivity contribution in [3.63, 3.8) is 0 Å². The number of rotatable bonds is 4. The maximum absolute atomic E-state index is 11.2. The molecule has 0 spiro atoms. The number of aryl methyl sites for hydroxylation is 2. The van der Waals surface area contributed by atoms with Crippen molar-refractivity contribution in [1.82, 2.24) is 0 Å². The zero-order valence-electron chi connectivity index (χ0n) is 21.5. The van der Waals surface area contributed by atoms with Gasteiger partial charge in [0.2, 0.25) is 0 Å². The zero-order valence-corrected chi connectivity index (χ0v) is 21.5. The Hall–Kier alpha value is -3.14. The first kappa shape index (κ1) is 24.5. The predicted molar refractivity (Wildman–Crippen MR) is 145 cm³/mol. The zero-order chi connectivity index (χ0) is 25.4. The van der Waals surface area contributed by atoms with Crippen LogP contribution in [0.2, 0.25) is 0 Å². The number of aromatic hydroxyl groups is 4. The average molecular weight is 487 g/mol. The summed E-state index contributed by atoms with van der Waals surface area (Å²) in [6, 6.07) is 11.3. The first-order chi connectivity index (χ1) is 17.3. The minimum Gasteiger partial charge on any atom is -0.508 e. The van der Waals surface area contributed by atoms with E-state index < -0.39 is 0 Å². The standard InChI is InChI=1S/C32H38O4/c1-19-15-29(33)27(21-9-5-3-6-10-21)17-25(19)23-13-14-24(32(36)31(23)35)26-18-28(30(34)16-20(26)2)22-11-7-4-8-12-22/h13-18,21-22,33-36H,3-12H2,1-2H3. The van der Waals surface area contributed by atoms with E-state index in [-0.39, 0.29) is 11.5 Å². The molecular formula is C32H38O4. The van der Waals surface area contributed by atoms with E-state index in [0.717, 1.165) is 59.1 Å². The molecule has 2 aliphatic rings. The lowest BCUT2D eigenvalue weighted by Crippen LogP contribution is -2.05. The second-order valence-corrected chi connectivity index (χ2v) is 11.0. The third-order valence-corrected chi connectivity index (χ3v) is 8.57. The summed E-state index contributed by atoms with van der Waals surface area (Å²) < 4.78 is 0. The van der Waals surface area contributed by atoms with E-state index in [1.165, 1.54) is 38.5 Å². The quantitative estimate of drug-likeness (QED) is 0.278.